The summed E-state index contributed by atoms with van der Waals surface area (Å²) in [6.45, 7) is 20.3. The molecule has 4 heteroatoms. The van der Waals surface area contributed by atoms with Crippen molar-refractivity contribution in [1.29, 1.82) is 0 Å². The molecule has 0 aliphatic rings. The van der Waals surface area contributed by atoms with Crippen molar-refractivity contribution < 1.29 is 26.2 Å². The van der Waals surface area contributed by atoms with E-state index >= 15 is 0 Å². The van der Waals surface area contributed by atoms with E-state index in [9.17, 15) is 5.11 Å². The van der Waals surface area contributed by atoms with Gasteiger partial charge in [-0.25, -0.2) is 0 Å². The van der Waals surface area contributed by atoms with Crippen LogP contribution in [-0.2, 0) is 37.3 Å². The molecule has 0 saturated carbocycles. The fraction of sp³-hybridized carbons (Fsp3) is 0.261. The topological polar surface area (TPSA) is 46.0 Å². The predicted octanol–water partition coefficient (Wildman–Crippen LogP) is 12.2. The van der Waals surface area contributed by atoms with Gasteiger partial charge in [-0.15, -0.1) is 24.3 Å². The van der Waals surface area contributed by atoms with Crippen molar-refractivity contribution in [3.8, 4) is 61.8 Å². The van der Waals surface area contributed by atoms with Crippen LogP contribution in [0.3, 0.4) is 0 Å². The molecule has 0 aliphatic carbocycles. The first-order valence-corrected chi connectivity index (χ1v) is 17.1. The molecule has 0 atom stereocenters. The molecule has 6 aromatic rings. The van der Waals surface area contributed by atoms with Gasteiger partial charge in [0.25, 0.3) is 0 Å². The minimum atomic E-state index is -0.0231. The van der Waals surface area contributed by atoms with Crippen LogP contribution in [0.2, 0.25) is 0 Å². The van der Waals surface area contributed by atoms with E-state index in [1.54, 1.807) is 6.07 Å². The van der Waals surface area contributed by atoms with Crippen molar-refractivity contribution in [2.75, 3.05) is 0 Å². The van der Waals surface area contributed by atoms with Crippen LogP contribution in [0.4, 0.5) is 0 Å². The number of phenols is 1. The summed E-state index contributed by atoms with van der Waals surface area (Å²) in [7, 11) is 0. The molecular weight excluding hydrogens is 792 g/mol. The molecule has 2 heterocycles. The van der Waals surface area contributed by atoms with Crippen molar-refractivity contribution in [3.63, 3.8) is 0 Å². The molecule has 0 saturated heterocycles. The summed E-state index contributed by atoms with van der Waals surface area (Å²) < 4.78 is 0. The van der Waals surface area contributed by atoms with E-state index in [-0.39, 0.29) is 43.1 Å². The number of pyridine rings is 2. The van der Waals surface area contributed by atoms with Gasteiger partial charge < -0.3 is 5.11 Å². The molecule has 6 rings (SSSR count). The Balaban J connectivity index is 0.00000486. The van der Waals surface area contributed by atoms with Gasteiger partial charge >= 0.3 is 0 Å². The summed E-state index contributed by atoms with van der Waals surface area (Å²) >= 11 is 0. The second-order valence-corrected chi connectivity index (χ2v) is 16.2. The molecule has 1 N–H and O–H groups in total. The Hall–Kier alpha value is -4.33. The van der Waals surface area contributed by atoms with E-state index in [0.717, 1.165) is 44.8 Å². The molecule has 0 spiro atoms. The average molecular weight is 839 g/mol. The molecule has 4 aromatic carbocycles. The largest absolute Gasteiger partial charge is 0.507 e. The van der Waals surface area contributed by atoms with E-state index in [4.69, 9.17) is 9.97 Å². The van der Waals surface area contributed by atoms with Crippen molar-refractivity contribution in [2.24, 2.45) is 0 Å². The van der Waals surface area contributed by atoms with Crippen LogP contribution in [-0.4, -0.2) is 15.1 Å². The van der Waals surface area contributed by atoms with E-state index < -0.39 is 0 Å². The van der Waals surface area contributed by atoms with Gasteiger partial charge in [0.1, 0.15) is 5.75 Å². The molecule has 0 bridgehead atoms. The predicted molar refractivity (Wildman–Crippen MR) is 206 cm³/mol. The first-order valence-electron chi connectivity index (χ1n) is 17.1. The Morgan fingerprint density at radius 2 is 1.02 bits per heavy atom. The quantitative estimate of drug-likeness (QED) is 0.176. The average Bonchev–Trinajstić information content (AvgIpc) is 3.07. The van der Waals surface area contributed by atoms with Gasteiger partial charge in [0.05, 0.1) is 5.69 Å². The fourth-order valence-corrected chi connectivity index (χ4v) is 6.01. The number of rotatable bonds is 5. The molecule has 0 unspecified atom stereocenters. The van der Waals surface area contributed by atoms with Crippen LogP contribution in [0.15, 0.2) is 115 Å². The van der Waals surface area contributed by atoms with E-state index in [0.29, 0.717) is 11.3 Å². The summed E-state index contributed by atoms with van der Waals surface area (Å²) in [5.74, 6) is 0.200. The number of hydrogen-bond donors (Lipinski definition) is 1. The van der Waals surface area contributed by atoms with E-state index in [1.807, 2.05) is 36.5 Å². The van der Waals surface area contributed by atoms with Crippen LogP contribution in [0.5, 0.6) is 5.75 Å². The Bertz CT molecular complexity index is 2090. The zero-order valence-corrected chi connectivity index (χ0v) is 32.9. The maximum Gasteiger partial charge on any atom is 0.124 e. The fourth-order valence-electron chi connectivity index (χ4n) is 6.01. The number of hydrogen-bond acceptors (Lipinski definition) is 3. The monoisotopic (exact) mass is 838 g/mol. The number of nitrogens with zero attached hydrogens (tertiary/aromatic N) is 2. The van der Waals surface area contributed by atoms with Gasteiger partial charge in [-0.2, -0.15) is 0 Å². The maximum absolute atomic E-state index is 10.9. The number of phenolic OH excluding ortho intramolecular Hbond substituents is 1. The van der Waals surface area contributed by atoms with Crippen LogP contribution in [0.25, 0.3) is 56.0 Å². The van der Waals surface area contributed by atoms with Gasteiger partial charge in [-0.3, -0.25) is 9.97 Å². The second kappa shape index (κ2) is 14.1. The molecule has 50 heavy (non-hydrogen) atoms. The zero-order chi connectivity index (χ0) is 35.1. The first kappa shape index (κ1) is 36.9. The van der Waals surface area contributed by atoms with E-state index in [2.05, 4.69) is 141 Å². The Kier molecular flexibility index (Phi) is 10.4. The van der Waals surface area contributed by atoms with Crippen LogP contribution in [0.1, 0.15) is 79.0 Å². The Labute approximate surface area is 313 Å². The Morgan fingerprint density at radius 1 is 0.480 bits per heavy atom. The second-order valence-electron chi connectivity index (χ2n) is 16.2. The standard InChI is InChI=1S/C46H47N2O.Pt/c1-44(2,3)36-19-17-30(18-20-36)31-21-22-47-40(26-31)32-13-12-14-33(23-32)41-27-35(28-42(48-41)39-15-10-11-16-43(39)49)34-24-37(45(4,5)6)29-38(25-34)46(7,8)9;/h10-22,24-29,49H,1-9H3;/q-1;. The molecule has 258 valence electrons. The minimum Gasteiger partial charge on any atom is -0.507 e. The SMILES string of the molecule is CC(C)(C)c1ccc(-c2ccnc(-c3[c-]c(-c4cc(-c5cc(C(C)(C)C)cc(C(C)(C)C)c5)cc(-c5ccccc5O)n4)ccc3)c2)cc1.[Pt]. The van der Waals surface area contributed by atoms with Crippen molar-refractivity contribution in [2.45, 2.75) is 78.6 Å². The third-order valence-electron chi connectivity index (χ3n) is 9.19. The van der Waals surface area contributed by atoms with Crippen molar-refractivity contribution in [3.05, 3.63) is 138 Å². The third-order valence-corrected chi connectivity index (χ3v) is 9.19. The van der Waals surface area contributed by atoms with Gasteiger partial charge in [0.2, 0.25) is 0 Å². The van der Waals surface area contributed by atoms with E-state index in [1.165, 1.54) is 16.7 Å². The first-order chi connectivity index (χ1) is 23.1. The van der Waals surface area contributed by atoms with Crippen LogP contribution >= 0.6 is 0 Å². The van der Waals surface area contributed by atoms with Crippen molar-refractivity contribution in [1.82, 2.24) is 9.97 Å². The molecule has 3 nitrogen and oxygen atoms in total. The van der Waals surface area contributed by atoms with Crippen molar-refractivity contribution >= 4 is 0 Å². The third kappa shape index (κ3) is 8.17. The molecule has 0 aliphatic heterocycles. The molecule has 2 aromatic heterocycles. The minimum absolute atomic E-state index is 0. The molecule has 0 amide bonds. The number of aromatic nitrogens is 2. The number of benzene rings is 4. The summed E-state index contributed by atoms with van der Waals surface area (Å²) in [5.41, 5.74) is 13.2. The summed E-state index contributed by atoms with van der Waals surface area (Å²) in [6.07, 6.45) is 1.87. The number of aromatic hydroxyl groups is 1. The summed E-state index contributed by atoms with van der Waals surface area (Å²) in [4.78, 5) is 9.87. The molecule has 0 radical (unpaired) electrons. The van der Waals surface area contributed by atoms with Gasteiger partial charge in [0.15, 0.2) is 0 Å². The zero-order valence-electron chi connectivity index (χ0n) is 30.6. The Morgan fingerprint density at radius 3 is 1.62 bits per heavy atom. The van der Waals surface area contributed by atoms with Gasteiger partial charge in [0, 0.05) is 44.2 Å². The maximum atomic E-state index is 10.9. The normalized spacial score (nSPS) is 12.0. The molecule has 0 fully saturated rings. The van der Waals surface area contributed by atoms with Gasteiger partial charge in [-0.05, 0) is 79.5 Å². The summed E-state index contributed by atoms with van der Waals surface area (Å²) in [6, 6.07) is 41.3. The van der Waals surface area contributed by atoms with Crippen LogP contribution < -0.4 is 0 Å². The summed E-state index contributed by atoms with van der Waals surface area (Å²) in [5, 5.41) is 10.9. The molecular formula is C46H47N2OPt-. The van der Waals surface area contributed by atoms with Crippen LogP contribution in [0, 0.1) is 6.07 Å². The smallest absolute Gasteiger partial charge is 0.124 e. The van der Waals surface area contributed by atoms with Gasteiger partial charge in [-0.1, -0.05) is 140 Å². The number of para-hydroxylation sites is 1.